The summed E-state index contributed by atoms with van der Waals surface area (Å²) in [5.74, 6) is 0. The summed E-state index contributed by atoms with van der Waals surface area (Å²) in [5.41, 5.74) is 3.69. The van der Waals surface area contributed by atoms with Crippen molar-refractivity contribution in [2.24, 2.45) is 0 Å². The molecule has 3 heteroatoms. The molecule has 96 valence electrons. The molecule has 0 aliphatic rings. The standard InChI is InChI=1S/C14H24N2O/c1-11-5-6-13(12(2)9-11)14(10-17)15-7-8-16(3)4/h5-6,9,14-15,17H,7-8,10H2,1-4H3. The molecule has 17 heavy (non-hydrogen) atoms. The Morgan fingerprint density at radius 3 is 2.53 bits per heavy atom. The van der Waals surface area contributed by atoms with Crippen LogP contribution >= 0.6 is 0 Å². The number of aliphatic hydroxyl groups excluding tert-OH is 1. The average Bonchev–Trinajstić information content (AvgIpc) is 2.25. The summed E-state index contributed by atoms with van der Waals surface area (Å²) in [6, 6.07) is 6.40. The van der Waals surface area contributed by atoms with E-state index in [1.54, 1.807) is 0 Å². The molecular weight excluding hydrogens is 212 g/mol. The van der Waals surface area contributed by atoms with Crippen molar-refractivity contribution in [2.75, 3.05) is 33.8 Å². The van der Waals surface area contributed by atoms with E-state index in [4.69, 9.17) is 0 Å². The Hall–Kier alpha value is -0.900. The Morgan fingerprint density at radius 2 is 2.00 bits per heavy atom. The first-order valence-corrected chi connectivity index (χ1v) is 6.10. The van der Waals surface area contributed by atoms with E-state index in [0.29, 0.717) is 0 Å². The summed E-state index contributed by atoms with van der Waals surface area (Å²) in [6.07, 6.45) is 0. The van der Waals surface area contributed by atoms with Gasteiger partial charge in [-0.3, -0.25) is 0 Å². The molecule has 0 saturated heterocycles. The van der Waals surface area contributed by atoms with Crippen LogP contribution in [0.15, 0.2) is 18.2 Å². The minimum Gasteiger partial charge on any atom is -0.394 e. The summed E-state index contributed by atoms with van der Waals surface area (Å²) >= 11 is 0. The Labute approximate surface area is 104 Å². The molecule has 1 unspecified atom stereocenters. The van der Waals surface area contributed by atoms with Crippen LogP contribution in [0.3, 0.4) is 0 Å². The van der Waals surface area contributed by atoms with Gasteiger partial charge in [0.15, 0.2) is 0 Å². The SMILES string of the molecule is Cc1ccc(C(CO)NCCN(C)C)c(C)c1. The average molecular weight is 236 g/mol. The number of aryl methyl sites for hydroxylation is 2. The number of nitrogens with zero attached hydrogens (tertiary/aromatic N) is 1. The van der Waals surface area contributed by atoms with E-state index in [9.17, 15) is 5.11 Å². The van der Waals surface area contributed by atoms with Crippen LogP contribution in [-0.2, 0) is 0 Å². The van der Waals surface area contributed by atoms with Gasteiger partial charge < -0.3 is 15.3 Å². The molecule has 0 aliphatic heterocycles. The number of hydrogen-bond acceptors (Lipinski definition) is 3. The Kier molecular flexibility index (Phi) is 5.62. The predicted octanol–water partition coefficient (Wildman–Crippen LogP) is 1.49. The molecule has 3 nitrogen and oxygen atoms in total. The van der Waals surface area contributed by atoms with Crippen LogP contribution in [0.4, 0.5) is 0 Å². The summed E-state index contributed by atoms with van der Waals surface area (Å²) in [7, 11) is 4.10. The molecular formula is C14H24N2O. The third-order valence-electron chi connectivity index (χ3n) is 2.93. The third kappa shape index (κ3) is 4.46. The summed E-state index contributed by atoms with van der Waals surface area (Å²) in [5, 5.41) is 12.8. The fourth-order valence-electron chi connectivity index (χ4n) is 1.95. The molecule has 0 fully saturated rings. The number of aliphatic hydroxyl groups is 1. The number of nitrogens with one attached hydrogen (secondary N) is 1. The molecule has 0 aliphatic carbocycles. The lowest BCUT2D eigenvalue weighted by molar-refractivity contribution is 0.240. The molecule has 1 atom stereocenters. The molecule has 0 spiro atoms. The number of likely N-dealkylation sites (N-methyl/N-ethyl adjacent to an activating group) is 1. The van der Waals surface area contributed by atoms with Crippen molar-refractivity contribution >= 4 is 0 Å². The van der Waals surface area contributed by atoms with E-state index >= 15 is 0 Å². The van der Waals surface area contributed by atoms with E-state index in [1.165, 1.54) is 16.7 Å². The lowest BCUT2D eigenvalue weighted by Crippen LogP contribution is -2.31. The van der Waals surface area contributed by atoms with Crippen molar-refractivity contribution in [1.29, 1.82) is 0 Å². The van der Waals surface area contributed by atoms with Crippen LogP contribution in [0.25, 0.3) is 0 Å². The van der Waals surface area contributed by atoms with Crippen molar-refractivity contribution < 1.29 is 5.11 Å². The Morgan fingerprint density at radius 1 is 1.29 bits per heavy atom. The minimum absolute atomic E-state index is 0.0375. The van der Waals surface area contributed by atoms with Crippen LogP contribution in [0.5, 0.6) is 0 Å². The van der Waals surface area contributed by atoms with Gasteiger partial charge in [-0.1, -0.05) is 23.8 Å². The van der Waals surface area contributed by atoms with E-state index in [1.807, 2.05) is 14.1 Å². The minimum atomic E-state index is 0.0375. The van der Waals surface area contributed by atoms with E-state index in [2.05, 4.69) is 42.3 Å². The smallest absolute Gasteiger partial charge is 0.0626 e. The molecule has 1 aromatic carbocycles. The van der Waals surface area contributed by atoms with Gasteiger partial charge in [-0.15, -0.1) is 0 Å². The van der Waals surface area contributed by atoms with Gasteiger partial charge >= 0.3 is 0 Å². The lowest BCUT2D eigenvalue weighted by Gasteiger charge is -2.20. The molecule has 1 rings (SSSR count). The molecule has 2 N–H and O–H groups in total. The lowest BCUT2D eigenvalue weighted by atomic mass is 9.99. The van der Waals surface area contributed by atoms with Crippen LogP contribution in [0.1, 0.15) is 22.7 Å². The molecule has 0 bridgehead atoms. The van der Waals surface area contributed by atoms with Crippen LogP contribution in [-0.4, -0.2) is 43.8 Å². The highest BCUT2D eigenvalue weighted by Gasteiger charge is 2.11. The van der Waals surface area contributed by atoms with E-state index < -0.39 is 0 Å². The Balaban J connectivity index is 2.66. The van der Waals surface area contributed by atoms with Gasteiger partial charge in [0.2, 0.25) is 0 Å². The quantitative estimate of drug-likeness (QED) is 0.785. The largest absolute Gasteiger partial charge is 0.394 e. The highest BCUT2D eigenvalue weighted by molar-refractivity contribution is 5.32. The second-order valence-electron chi connectivity index (χ2n) is 4.85. The first kappa shape index (κ1) is 14.2. The zero-order chi connectivity index (χ0) is 12.8. The molecule has 0 aromatic heterocycles. The Bertz CT molecular complexity index is 350. The normalized spacial score (nSPS) is 13.1. The monoisotopic (exact) mass is 236 g/mol. The summed E-state index contributed by atoms with van der Waals surface area (Å²) < 4.78 is 0. The zero-order valence-electron chi connectivity index (χ0n) is 11.3. The molecule has 0 amide bonds. The highest BCUT2D eigenvalue weighted by Crippen LogP contribution is 2.18. The van der Waals surface area contributed by atoms with Crippen molar-refractivity contribution in [3.05, 3.63) is 34.9 Å². The molecule has 0 saturated carbocycles. The topological polar surface area (TPSA) is 35.5 Å². The van der Waals surface area contributed by atoms with Gasteiger partial charge in [-0.2, -0.15) is 0 Å². The van der Waals surface area contributed by atoms with Crippen molar-refractivity contribution in [1.82, 2.24) is 10.2 Å². The third-order valence-corrected chi connectivity index (χ3v) is 2.93. The molecule has 1 aromatic rings. The molecule has 0 heterocycles. The van der Waals surface area contributed by atoms with Gasteiger partial charge in [0.05, 0.1) is 12.6 Å². The maximum absolute atomic E-state index is 9.46. The van der Waals surface area contributed by atoms with Gasteiger partial charge in [-0.25, -0.2) is 0 Å². The second kappa shape index (κ2) is 6.74. The van der Waals surface area contributed by atoms with E-state index in [-0.39, 0.29) is 12.6 Å². The van der Waals surface area contributed by atoms with Gasteiger partial charge in [-0.05, 0) is 39.1 Å². The fraction of sp³-hybridized carbons (Fsp3) is 0.571. The van der Waals surface area contributed by atoms with Crippen LogP contribution < -0.4 is 5.32 Å². The maximum atomic E-state index is 9.46. The predicted molar refractivity (Wildman–Crippen MR) is 72.3 cm³/mol. The van der Waals surface area contributed by atoms with Gasteiger partial charge in [0, 0.05) is 13.1 Å². The maximum Gasteiger partial charge on any atom is 0.0626 e. The summed E-state index contributed by atoms with van der Waals surface area (Å²) in [4.78, 5) is 2.13. The molecule has 0 radical (unpaired) electrons. The van der Waals surface area contributed by atoms with Crippen molar-refractivity contribution in [3.63, 3.8) is 0 Å². The van der Waals surface area contributed by atoms with Gasteiger partial charge in [0.25, 0.3) is 0 Å². The van der Waals surface area contributed by atoms with Crippen molar-refractivity contribution in [3.8, 4) is 0 Å². The number of rotatable bonds is 6. The van der Waals surface area contributed by atoms with Gasteiger partial charge in [0.1, 0.15) is 0 Å². The highest BCUT2D eigenvalue weighted by atomic mass is 16.3. The fourth-order valence-corrected chi connectivity index (χ4v) is 1.95. The van der Waals surface area contributed by atoms with E-state index in [0.717, 1.165) is 13.1 Å². The first-order chi connectivity index (χ1) is 8.04. The van der Waals surface area contributed by atoms with Crippen molar-refractivity contribution in [2.45, 2.75) is 19.9 Å². The number of hydrogen-bond donors (Lipinski definition) is 2. The first-order valence-electron chi connectivity index (χ1n) is 6.10. The zero-order valence-corrected chi connectivity index (χ0v) is 11.3. The second-order valence-corrected chi connectivity index (χ2v) is 4.85. The summed E-state index contributed by atoms with van der Waals surface area (Å²) in [6.45, 7) is 6.17. The number of benzene rings is 1. The van der Waals surface area contributed by atoms with Crippen LogP contribution in [0.2, 0.25) is 0 Å². The van der Waals surface area contributed by atoms with Crippen LogP contribution in [0, 0.1) is 13.8 Å².